The van der Waals surface area contributed by atoms with Gasteiger partial charge >= 0.3 is 0 Å². The molecule has 2 aromatic carbocycles. The van der Waals surface area contributed by atoms with Crippen LogP contribution in [0.4, 0.5) is 5.69 Å². The first-order valence-corrected chi connectivity index (χ1v) is 10.6. The van der Waals surface area contributed by atoms with Gasteiger partial charge in [0, 0.05) is 16.3 Å². The summed E-state index contributed by atoms with van der Waals surface area (Å²) in [4.78, 5) is 27.4. The second kappa shape index (κ2) is 8.93. The van der Waals surface area contributed by atoms with Crippen molar-refractivity contribution in [3.8, 4) is 5.75 Å². The quantitative estimate of drug-likeness (QED) is 0.297. The fourth-order valence-electron chi connectivity index (χ4n) is 3.74. The van der Waals surface area contributed by atoms with Crippen LogP contribution in [-0.4, -0.2) is 23.4 Å². The van der Waals surface area contributed by atoms with Gasteiger partial charge in [0.2, 0.25) is 0 Å². The van der Waals surface area contributed by atoms with E-state index in [2.05, 4.69) is 0 Å². The Morgan fingerprint density at radius 1 is 1.16 bits per heavy atom. The van der Waals surface area contributed by atoms with Crippen LogP contribution >= 0.6 is 11.6 Å². The summed E-state index contributed by atoms with van der Waals surface area (Å²) >= 11 is 5.99. The second-order valence-corrected chi connectivity index (χ2v) is 7.93. The number of halogens is 1. The number of Topliss-reactive ketones (excluding diaryl/α,β-unsaturated/α-hetero) is 1. The topological polar surface area (TPSA) is 80.0 Å². The third-order valence-corrected chi connectivity index (χ3v) is 5.52. The van der Waals surface area contributed by atoms with Gasteiger partial charge in [-0.1, -0.05) is 18.5 Å². The zero-order chi connectivity index (χ0) is 22.8. The fourth-order valence-corrected chi connectivity index (χ4v) is 3.87. The van der Waals surface area contributed by atoms with Gasteiger partial charge in [-0.3, -0.25) is 14.5 Å². The number of aliphatic hydroxyl groups is 1. The van der Waals surface area contributed by atoms with Gasteiger partial charge in [0.1, 0.15) is 23.3 Å². The van der Waals surface area contributed by atoms with Gasteiger partial charge in [0.15, 0.2) is 0 Å². The Morgan fingerprint density at radius 2 is 1.91 bits per heavy atom. The molecule has 1 fully saturated rings. The highest BCUT2D eigenvalue weighted by atomic mass is 35.5. The number of anilines is 1. The van der Waals surface area contributed by atoms with Gasteiger partial charge in [-0.2, -0.15) is 0 Å². The lowest BCUT2D eigenvalue weighted by Gasteiger charge is -2.23. The highest BCUT2D eigenvalue weighted by Gasteiger charge is 2.48. The maximum absolute atomic E-state index is 13.1. The molecule has 4 rings (SSSR count). The Morgan fingerprint density at radius 3 is 2.53 bits per heavy atom. The molecule has 32 heavy (non-hydrogen) atoms. The van der Waals surface area contributed by atoms with Gasteiger partial charge in [-0.15, -0.1) is 0 Å². The lowest BCUT2D eigenvalue weighted by atomic mass is 9.98. The summed E-state index contributed by atoms with van der Waals surface area (Å²) < 4.78 is 11.3. The van der Waals surface area contributed by atoms with E-state index >= 15 is 0 Å². The molecule has 1 aliphatic heterocycles. The predicted molar refractivity (Wildman–Crippen MR) is 122 cm³/mol. The fraction of sp³-hybridized carbons (Fsp3) is 0.200. The molecule has 7 heteroatoms. The number of carbonyl (C=O) groups is 2. The van der Waals surface area contributed by atoms with E-state index < -0.39 is 17.7 Å². The number of hydrogen-bond donors (Lipinski definition) is 1. The maximum atomic E-state index is 13.1. The lowest BCUT2D eigenvalue weighted by Crippen LogP contribution is -2.29. The first-order chi connectivity index (χ1) is 15.4. The molecule has 0 radical (unpaired) electrons. The molecule has 1 N–H and O–H groups in total. The number of amides is 1. The molecule has 0 saturated carbocycles. The average molecular weight is 452 g/mol. The van der Waals surface area contributed by atoms with E-state index in [1.165, 1.54) is 11.2 Å². The minimum atomic E-state index is -0.914. The minimum absolute atomic E-state index is 0.0403. The number of benzene rings is 2. The van der Waals surface area contributed by atoms with Crippen molar-refractivity contribution >= 4 is 34.7 Å². The molecule has 1 amide bonds. The second-order valence-electron chi connectivity index (χ2n) is 7.49. The van der Waals surface area contributed by atoms with Gasteiger partial charge in [-0.05, 0) is 73.5 Å². The summed E-state index contributed by atoms with van der Waals surface area (Å²) in [5, 5.41) is 11.7. The molecule has 6 nitrogen and oxygen atoms in total. The first kappa shape index (κ1) is 21.7. The van der Waals surface area contributed by atoms with Crippen molar-refractivity contribution in [1.82, 2.24) is 0 Å². The van der Waals surface area contributed by atoms with Gasteiger partial charge < -0.3 is 14.3 Å². The minimum Gasteiger partial charge on any atom is -0.507 e. The molecule has 1 atom stereocenters. The Kier molecular flexibility index (Phi) is 6.06. The van der Waals surface area contributed by atoms with Crippen LogP contribution < -0.4 is 9.64 Å². The summed E-state index contributed by atoms with van der Waals surface area (Å²) in [5.74, 6) is -0.753. The van der Waals surface area contributed by atoms with Crippen molar-refractivity contribution in [2.75, 3.05) is 11.5 Å². The molecule has 0 spiro atoms. The van der Waals surface area contributed by atoms with Gasteiger partial charge in [0.25, 0.3) is 11.7 Å². The molecule has 1 aromatic heterocycles. The van der Waals surface area contributed by atoms with E-state index in [4.69, 9.17) is 20.8 Å². The van der Waals surface area contributed by atoms with Crippen molar-refractivity contribution in [2.24, 2.45) is 0 Å². The van der Waals surface area contributed by atoms with Crippen molar-refractivity contribution in [3.63, 3.8) is 0 Å². The van der Waals surface area contributed by atoms with E-state index in [1.807, 2.05) is 13.8 Å². The Balaban J connectivity index is 1.83. The number of aliphatic hydroxyl groups excluding tert-OH is 1. The normalized spacial score (nSPS) is 17.7. The molecule has 1 aliphatic rings. The van der Waals surface area contributed by atoms with E-state index in [0.29, 0.717) is 34.4 Å². The Bertz CT molecular complexity index is 1180. The molecule has 1 unspecified atom stereocenters. The summed E-state index contributed by atoms with van der Waals surface area (Å²) in [7, 11) is 0. The predicted octanol–water partition coefficient (Wildman–Crippen LogP) is 5.66. The molecule has 164 valence electrons. The molecule has 0 bridgehead atoms. The van der Waals surface area contributed by atoms with Crippen LogP contribution in [0, 0.1) is 6.92 Å². The van der Waals surface area contributed by atoms with Gasteiger partial charge in [-0.25, -0.2) is 0 Å². The van der Waals surface area contributed by atoms with Crippen LogP contribution in [0.25, 0.3) is 5.76 Å². The Hall–Kier alpha value is -3.51. The highest BCUT2D eigenvalue weighted by Crippen LogP contribution is 2.42. The highest BCUT2D eigenvalue weighted by molar-refractivity contribution is 6.51. The number of nitrogens with zero attached hydrogens (tertiary/aromatic N) is 1. The van der Waals surface area contributed by atoms with Crippen LogP contribution in [0.5, 0.6) is 5.75 Å². The molecular formula is C25H22ClNO5. The maximum Gasteiger partial charge on any atom is 0.300 e. The molecule has 3 aromatic rings. The van der Waals surface area contributed by atoms with Crippen LogP contribution in [0.3, 0.4) is 0 Å². The Labute approximate surface area is 190 Å². The zero-order valence-corrected chi connectivity index (χ0v) is 18.4. The molecule has 2 heterocycles. The van der Waals surface area contributed by atoms with Crippen molar-refractivity contribution in [1.29, 1.82) is 0 Å². The van der Waals surface area contributed by atoms with Crippen LogP contribution in [-0.2, 0) is 9.59 Å². The third kappa shape index (κ3) is 3.89. The van der Waals surface area contributed by atoms with Gasteiger partial charge in [0.05, 0.1) is 18.4 Å². The summed E-state index contributed by atoms with van der Waals surface area (Å²) in [6.07, 6.45) is 2.33. The summed E-state index contributed by atoms with van der Waals surface area (Å²) in [5.41, 5.74) is 1.65. The number of hydrogen-bond acceptors (Lipinski definition) is 5. The number of carbonyl (C=O) groups excluding carboxylic acids is 2. The summed E-state index contributed by atoms with van der Waals surface area (Å²) in [6.45, 7) is 4.46. The number of rotatable bonds is 6. The largest absolute Gasteiger partial charge is 0.507 e. The number of aryl methyl sites for hydroxylation is 1. The van der Waals surface area contributed by atoms with Crippen molar-refractivity contribution < 1.29 is 23.8 Å². The zero-order valence-electron chi connectivity index (χ0n) is 17.7. The van der Waals surface area contributed by atoms with Crippen LogP contribution in [0.1, 0.15) is 36.3 Å². The summed E-state index contributed by atoms with van der Waals surface area (Å²) in [6, 6.07) is 14.1. The van der Waals surface area contributed by atoms with Crippen molar-refractivity contribution in [2.45, 2.75) is 26.3 Å². The van der Waals surface area contributed by atoms with E-state index in [1.54, 1.807) is 54.6 Å². The van der Waals surface area contributed by atoms with Crippen molar-refractivity contribution in [3.05, 3.63) is 88.3 Å². The molecular weight excluding hydrogens is 430 g/mol. The van der Waals surface area contributed by atoms with E-state index in [0.717, 1.165) is 12.0 Å². The van der Waals surface area contributed by atoms with E-state index in [-0.39, 0.29) is 11.3 Å². The lowest BCUT2D eigenvalue weighted by molar-refractivity contribution is -0.132. The number of ether oxygens (including phenoxy) is 1. The monoisotopic (exact) mass is 451 g/mol. The van der Waals surface area contributed by atoms with Crippen LogP contribution in [0.2, 0.25) is 5.02 Å². The number of furan rings is 1. The van der Waals surface area contributed by atoms with Crippen LogP contribution in [0.15, 0.2) is 70.9 Å². The average Bonchev–Trinajstić information content (AvgIpc) is 3.40. The van der Waals surface area contributed by atoms with E-state index in [9.17, 15) is 14.7 Å². The smallest absolute Gasteiger partial charge is 0.300 e. The molecule has 1 saturated heterocycles. The molecule has 0 aliphatic carbocycles. The standard InChI is InChI=1S/C25H22ClNO5/c1-3-12-31-19-11-6-16(14-15(19)2)23(28)21-22(20-5-4-13-32-20)27(25(30)24(21)29)18-9-7-17(26)8-10-18/h4-11,13-14,22,28H,3,12H2,1-2H3/b23-21-. The first-order valence-electron chi connectivity index (χ1n) is 10.3. The number of ketones is 1. The third-order valence-electron chi connectivity index (χ3n) is 5.27. The SMILES string of the molecule is CCCOc1ccc(/C(O)=C2/C(=O)C(=O)N(c3ccc(Cl)cc3)C2c2ccco2)cc1C.